The molecule has 0 amide bonds. The summed E-state index contributed by atoms with van der Waals surface area (Å²) in [5.74, 6) is 0. The number of para-hydroxylation sites is 1. The Kier molecular flexibility index (Phi) is 4.62. The van der Waals surface area contributed by atoms with Crippen molar-refractivity contribution in [3.05, 3.63) is 64.7 Å². The summed E-state index contributed by atoms with van der Waals surface area (Å²) in [5, 5.41) is 10.0. The van der Waals surface area contributed by atoms with Gasteiger partial charge in [-0.25, -0.2) is 0 Å². The molecule has 2 aromatic rings. The number of nitrogens with one attached hydrogen (secondary N) is 1. The molecule has 0 aliphatic carbocycles. The third-order valence-electron chi connectivity index (χ3n) is 4.24. The minimum atomic E-state index is 0.795. The van der Waals surface area contributed by atoms with Crippen molar-refractivity contribution in [3.63, 3.8) is 0 Å². The normalized spacial score (nSPS) is 15.5. The smallest absolute Gasteiger partial charge is 0.104 e. The highest BCUT2D eigenvalue weighted by molar-refractivity contribution is 6.33. The molecular weight excluding hydrogens is 294 g/mol. The molecule has 2 aromatic carbocycles. The second kappa shape index (κ2) is 6.83. The Morgan fingerprint density at radius 3 is 2.45 bits per heavy atom. The lowest BCUT2D eigenvalue weighted by atomic mass is 10.1. The molecule has 0 saturated carbocycles. The van der Waals surface area contributed by atoms with Crippen LogP contribution in [0.5, 0.6) is 0 Å². The Labute approximate surface area is 136 Å². The van der Waals surface area contributed by atoms with Gasteiger partial charge in [0.25, 0.3) is 0 Å². The van der Waals surface area contributed by atoms with E-state index in [0.717, 1.165) is 54.6 Å². The maximum atomic E-state index is 9.19. The fraction of sp³-hybridized carbons (Fsp3) is 0.278. The van der Waals surface area contributed by atoms with Crippen LogP contribution in [0.1, 0.15) is 11.1 Å². The highest BCUT2D eigenvalue weighted by Crippen LogP contribution is 2.24. The molecule has 1 aliphatic heterocycles. The van der Waals surface area contributed by atoms with Crippen LogP contribution in [0.4, 0.5) is 5.69 Å². The second-order valence-corrected chi connectivity index (χ2v) is 6.04. The lowest BCUT2D eigenvalue weighted by Crippen LogP contribution is -3.13. The molecule has 1 aliphatic rings. The number of rotatable bonds is 3. The lowest BCUT2D eigenvalue weighted by molar-refractivity contribution is -0.914. The van der Waals surface area contributed by atoms with E-state index in [1.807, 2.05) is 36.4 Å². The second-order valence-electron chi connectivity index (χ2n) is 5.63. The molecule has 22 heavy (non-hydrogen) atoms. The lowest BCUT2D eigenvalue weighted by Gasteiger charge is -2.34. The molecule has 112 valence electrons. The molecule has 0 unspecified atom stereocenters. The number of hydrogen-bond acceptors (Lipinski definition) is 2. The number of nitriles is 1. The number of anilines is 1. The van der Waals surface area contributed by atoms with E-state index in [1.165, 1.54) is 4.90 Å². The Bertz CT molecular complexity index is 685. The van der Waals surface area contributed by atoms with Crippen LogP contribution in [0, 0.1) is 11.3 Å². The van der Waals surface area contributed by atoms with Gasteiger partial charge in [0, 0.05) is 5.56 Å². The molecule has 1 fully saturated rings. The van der Waals surface area contributed by atoms with Gasteiger partial charge in [-0.1, -0.05) is 41.9 Å². The van der Waals surface area contributed by atoms with Crippen molar-refractivity contribution in [2.75, 3.05) is 31.1 Å². The van der Waals surface area contributed by atoms with Crippen molar-refractivity contribution >= 4 is 17.3 Å². The van der Waals surface area contributed by atoms with Gasteiger partial charge in [0.05, 0.1) is 48.5 Å². The van der Waals surface area contributed by atoms with Crippen LogP contribution in [0.25, 0.3) is 0 Å². The van der Waals surface area contributed by atoms with Gasteiger partial charge in [0.15, 0.2) is 0 Å². The first kappa shape index (κ1) is 14.9. The Balaban J connectivity index is 1.63. The van der Waals surface area contributed by atoms with E-state index >= 15 is 0 Å². The summed E-state index contributed by atoms with van der Waals surface area (Å²) in [6.07, 6.45) is 0. The first-order valence-electron chi connectivity index (χ1n) is 7.59. The third-order valence-corrected chi connectivity index (χ3v) is 4.56. The zero-order valence-corrected chi connectivity index (χ0v) is 13.2. The Hall–Kier alpha value is -2.02. The quantitative estimate of drug-likeness (QED) is 0.941. The van der Waals surface area contributed by atoms with Gasteiger partial charge in [-0.15, -0.1) is 0 Å². The van der Waals surface area contributed by atoms with Crippen LogP contribution >= 0.6 is 11.6 Å². The van der Waals surface area contributed by atoms with Gasteiger partial charge >= 0.3 is 0 Å². The van der Waals surface area contributed by atoms with E-state index in [4.69, 9.17) is 11.6 Å². The molecule has 3 nitrogen and oxygen atoms in total. The predicted octanol–water partition coefficient (Wildman–Crippen LogP) is 2.12. The summed E-state index contributed by atoms with van der Waals surface area (Å²) in [4.78, 5) is 3.87. The summed E-state index contributed by atoms with van der Waals surface area (Å²) in [6.45, 7) is 5.03. The largest absolute Gasteiger partial charge is 0.359 e. The van der Waals surface area contributed by atoms with Gasteiger partial charge in [0.2, 0.25) is 0 Å². The minimum absolute atomic E-state index is 0.795. The van der Waals surface area contributed by atoms with Gasteiger partial charge < -0.3 is 9.80 Å². The van der Waals surface area contributed by atoms with Crippen molar-refractivity contribution in [1.82, 2.24) is 0 Å². The standard InChI is InChI=1S/C18H18ClN3/c19-17-7-3-4-8-18(17)22-11-9-21(10-12-22)14-16-6-2-1-5-15(16)13-20/h1-8H,9-12,14H2/p+1. The molecule has 0 spiro atoms. The molecule has 0 bridgehead atoms. The van der Waals surface area contributed by atoms with Gasteiger partial charge in [0.1, 0.15) is 6.54 Å². The van der Waals surface area contributed by atoms with E-state index in [1.54, 1.807) is 0 Å². The average Bonchev–Trinajstić information content (AvgIpc) is 2.57. The maximum absolute atomic E-state index is 9.19. The van der Waals surface area contributed by atoms with E-state index in [0.29, 0.717) is 0 Å². The van der Waals surface area contributed by atoms with Crippen molar-refractivity contribution in [2.45, 2.75) is 6.54 Å². The zero-order chi connectivity index (χ0) is 15.4. The summed E-state index contributed by atoms with van der Waals surface area (Å²) in [6, 6.07) is 18.2. The van der Waals surface area contributed by atoms with E-state index in [2.05, 4.69) is 23.1 Å². The number of benzene rings is 2. The molecule has 0 aromatic heterocycles. The number of hydrogen-bond donors (Lipinski definition) is 1. The number of quaternary nitrogens is 1. The number of piperazine rings is 1. The van der Waals surface area contributed by atoms with E-state index in [9.17, 15) is 5.26 Å². The molecule has 3 rings (SSSR count). The number of halogens is 1. The third kappa shape index (κ3) is 3.24. The molecule has 0 atom stereocenters. The Morgan fingerprint density at radius 1 is 1.05 bits per heavy atom. The van der Waals surface area contributed by atoms with Crippen LogP contribution in [-0.2, 0) is 6.54 Å². The zero-order valence-electron chi connectivity index (χ0n) is 12.4. The van der Waals surface area contributed by atoms with Crippen LogP contribution in [0.3, 0.4) is 0 Å². The van der Waals surface area contributed by atoms with Crippen molar-refractivity contribution in [3.8, 4) is 6.07 Å². The van der Waals surface area contributed by atoms with Crippen molar-refractivity contribution < 1.29 is 4.90 Å². The summed E-state index contributed by atoms with van der Waals surface area (Å²) in [5.41, 5.74) is 3.07. The van der Waals surface area contributed by atoms with Crippen LogP contribution in [0.2, 0.25) is 5.02 Å². The molecule has 0 radical (unpaired) electrons. The first-order valence-corrected chi connectivity index (χ1v) is 7.97. The van der Waals surface area contributed by atoms with Crippen LogP contribution < -0.4 is 9.80 Å². The van der Waals surface area contributed by atoms with Gasteiger partial charge in [-0.2, -0.15) is 5.26 Å². The highest BCUT2D eigenvalue weighted by atomic mass is 35.5. The maximum Gasteiger partial charge on any atom is 0.104 e. The minimum Gasteiger partial charge on any atom is -0.359 e. The Morgan fingerprint density at radius 2 is 1.73 bits per heavy atom. The van der Waals surface area contributed by atoms with E-state index < -0.39 is 0 Å². The molecule has 1 saturated heterocycles. The fourth-order valence-electron chi connectivity index (χ4n) is 3.00. The molecule has 1 N–H and O–H groups in total. The van der Waals surface area contributed by atoms with Crippen molar-refractivity contribution in [2.24, 2.45) is 0 Å². The van der Waals surface area contributed by atoms with Gasteiger partial charge in [-0.3, -0.25) is 0 Å². The first-order chi connectivity index (χ1) is 10.8. The fourth-order valence-corrected chi connectivity index (χ4v) is 3.26. The molecular formula is C18H19ClN3+. The summed E-state index contributed by atoms with van der Waals surface area (Å²) in [7, 11) is 0. The monoisotopic (exact) mass is 312 g/mol. The SMILES string of the molecule is N#Cc1ccccc1C[NH+]1CCN(c2ccccc2Cl)CC1. The van der Waals surface area contributed by atoms with Crippen molar-refractivity contribution in [1.29, 1.82) is 5.26 Å². The molecule has 1 heterocycles. The predicted molar refractivity (Wildman–Crippen MR) is 89.2 cm³/mol. The highest BCUT2D eigenvalue weighted by Gasteiger charge is 2.22. The van der Waals surface area contributed by atoms with Crippen LogP contribution in [-0.4, -0.2) is 26.2 Å². The number of nitrogens with zero attached hydrogens (tertiary/aromatic N) is 2. The molecule has 4 heteroatoms. The van der Waals surface area contributed by atoms with Crippen LogP contribution in [0.15, 0.2) is 48.5 Å². The summed E-state index contributed by atoms with van der Waals surface area (Å²) < 4.78 is 0. The van der Waals surface area contributed by atoms with Gasteiger partial charge in [-0.05, 0) is 18.2 Å². The summed E-state index contributed by atoms with van der Waals surface area (Å²) >= 11 is 6.28. The van der Waals surface area contributed by atoms with E-state index in [-0.39, 0.29) is 0 Å². The topological polar surface area (TPSA) is 31.5 Å². The average molecular weight is 313 g/mol.